The van der Waals surface area contributed by atoms with Crippen LogP contribution < -0.4 is 10.0 Å². The Kier molecular flexibility index (Phi) is 4.91. The first-order valence-electron chi connectivity index (χ1n) is 6.41. The topological polar surface area (TPSA) is 80.6 Å². The van der Waals surface area contributed by atoms with Gasteiger partial charge in [-0.15, -0.1) is 0 Å². The van der Waals surface area contributed by atoms with Gasteiger partial charge in [0.2, 0.25) is 10.0 Å². The maximum Gasteiger partial charge on any atom is 0.245 e. The van der Waals surface area contributed by atoms with Crippen LogP contribution in [0.1, 0.15) is 25.5 Å². The first-order valence-corrected chi connectivity index (χ1v) is 8.68. The van der Waals surface area contributed by atoms with Crippen molar-refractivity contribution in [2.75, 3.05) is 20.3 Å². The van der Waals surface area contributed by atoms with Gasteiger partial charge in [-0.2, -0.15) is 0 Å². The molecule has 1 unspecified atom stereocenters. The van der Waals surface area contributed by atoms with Gasteiger partial charge < -0.3 is 14.5 Å². The summed E-state index contributed by atoms with van der Waals surface area (Å²) in [6, 6.07) is 1.52. The van der Waals surface area contributed by atoms with Gasteiger partial charge in [0, 0.05) is 12.7 Å². The summed E-state index contributed by atoms with van der Waals surface area (Å²) in [6.45, 7) is 3.38. The van der Waals surface area contributed by atoms with Gasteiger partial charge >= 0.3 is 0 Å². The van der Waals surface area contributed by atoms with Gasteiger partial charge in [0.05, 0.1) is 18.7 Å². The molecule has 20 heavy (non-hydrogen) atoms. The van der Waals surface area contributed by atoms with Crippen LogP contribution >= 0.6 is 15.9 Å². The van der Waals surface area contributed by atoms with Gasteiger partial charge in [-0.25, -0.2) is 13.1 Å². The molecule has 1 aromatic rings. The SMILES string of the molecule is CNCc1cc(S(=O)(=O)NC2(C)CCCOC2)c(Br)o1. The average Bonchev–Trinajstić information content (AvgIpc) is 2.71. The largest absolute Gasteiger partial charge is 0.452 e. The summed E-state index contributed by atoms with van der Waals surface area (Å²) in [5.41, 5.74) is -0.572. The van der Waals surface area contributed by atoms with Gasteiger partial charge in [0.15, 0.2) is 4.67 Å². The van der Waals surface area contributed by atoms with E-state index in [1.54, 1.807) is 7.05 Å². The lowest BCUT2D eigenvalue weighted by Crippen LogP contribution is -2.51. The molecule has 114 valence electrons. The molecule has 8 heteroatoms. The molecule has 1 saturated heterocycles. The zero-order chi connectivity index (χ0) is 14.8. The molecule has 0 spiro atoms. The normalized spacial score (nSPS) is 23.9. The Balaban J connectivity index is 2.21. The molecule has 0 bridgehead atoms. The van der Waals surface area contributed by atoms with Crippen molar-refractivity contribution < 1.29 is 17.6 Å². The van der Waals surface area contributed by atoms with Crippen LogP contribution in [-0.4, -0.2) is 34.2 Å². The highest BCUT2D eigenvalue weighted by Crippen LogP contribution is 2.28. The quantitative estimate of drug-likeness (QED) is 0.827. The van der Waals surface area contributed by atoms with Gasteiger partial charge in [-0.1, -0.05) is 0 Å². The smallest absolute Gasteiger partial charge is 0.245 e. The fraction of sp³-hybridized carbons (Fsp3) is 0.667. The summed E-state index contributed by atoms with van der Waals surface area (Å²) >= 11 is 3.16. The highest BCUT2D eigenvalue weighted by molar-refractivity contribution is 9.10. The summed E-state index contributed by atoms with van der Waals surface area (Å²) in [5.74, 6) is 0.560. The summed E-state index contributed by atoms with van der Waals surface area (Å²) in [7, 11) is -1.88. The minimum Gasteiger partial charge on any atom is -0.452 e. The van der Waals surface area contributed by atoms with Crippen LogP contribution in [-0.2, 0) is 21.3 Å². The van der Waals surface area contributed by atoms with Crippen molar-refractivity contribution in [1.29, 1.82) is 0 Å². The predicted octanol–water partition coefficient (Wildman–Crippen LogP) is 1.61. The maximum atomic E-state index is 12.5. The predicted molar refractivity (Wildman–Crippen MR) is 78.0 cm³/mol. The number of furan rings is 1. The van der Waals surface area contributed by atoms with Gasteiger partial charge in [-0.05, 0) is 42.7 Å². The lowest BCUT2D eigenvalue weighted by molar-refractivity contribution is 0.0386. The number of hydrogen-bond donors (Lipinski definition) is 2. The van der Waals surface area contributed by atoms with Crippen LogP contribution in [0, 0.1) is 0 Å². The Labute approximate surface area is 127 Å². The summed E-state index contributed by atoms with van der Waals surface area (Å²) in [5, 5.41) is 2.92. The zero-order valence-electron chi connectivity index (χ0n) is 11.5. The molecule has 0 aliphatic carbocycles. The lowest BCUT2D eigenvalue weighted by atomic mass is 9.97. The lowest BCUT2D eigenvalue weighted by Gasteiger charge is -2.33. The van der Waals surface area contributed by atoms with Crippen LogP contribution in [0.15, 0.2) is 20.0 Å². The molecule has 0 radical (unpaired) electrons. The molecule has 2 rings (SSSR count). The standard InChI is InChI=1S/C12H19BrN2O4S/c1-12(4-3-5-18-8-12)15-20(16,17)10-6-9(7-14-2)19-11(10)13/h6,14-15H,3-5,7-8H2,1-2H3. The molecular formula is C12H19BrN2O4S. The Morgan fingerprint density at radius 1 is 1.50 bits per heavy atom. The Hall–Kier alpha value is -0.410. The molecule has 1 aliphatic heterocycles. The van der Waals surface area contributed by atoms with Crippen molar-refractivity contribution in [3.63, 3.8) is 0 Å². The number of halogens is 1. The molecular weight excluding hydrogens is 348 g/mol. The van der Waals surface area contributed by atoms with E-state index in [1.807, 2.05) is 6.92 Å². The second kappa shape index (κ2) is 6.15. The molecule has 2 N–H and O–H groups in total. The molecule has 6 nitrogen and oxygen atoms in total. The number of sulfonamides is 1. The third-order valence-electron chi connectivity index (χ3n) is 3.17. The van der Waals surface area contributed by atoms with Crippen molar-refractivity contribution in [1.82, 2.24) is 10.0 Å². The number of rotatable bonds is 5. The van der Waals surface area contributed by atoms with Crippen molar-refractivity contribution in [2.24, 2.45) is 0 Å². The van der Waals surface area contributed by atoms with Crippen LogP contribution in [0.4, 0.5) is 0 Å². The van der Waals surface area contributed by atoms with Crippen LogP contribution in [0.5, 0.6) is 0 Å². The summed E-state index contributed by atoms with van der Waals surface area (Å²) < 4.78 is 38.6. The average molecular weight is 367 g/mol. The third-order valence-corrected chi connectivity index (χ3v) is 5.66. The highest BCUT2D eigenvalue weighted by atomic mass is 79.9. The van der Waals surface area contributed by atoms with Crippen LogP contribution in [0.3, 0.4) is 0 Å². The molecule has 0 aromatic carbocycles. The second-order valence-corrected chi connectivity index (χ2v) is 7.57. The molecule has 1 fully saturated rings. The molecule has 1 aliphatic rings. The van der Waals surface area contributed by atoms with E-state index in [0.717, 1.165) is 12.8 Å². The Morgan fingerprint density at radius 2 is 2.25 bits per heavy atom. The van der Waals surface area contributed by atoms with Crippen molar-refractivity contribution >= 4 is 26.0 Å². The van der Waals surface area contributed by atoms with Crippen molar-refractivity contribution in [2.45, 2.75) is 36.7 Å². The third kappa shape index (κ3) is 3.62. The van der Waals surface area contributed by atoms with E-state index in [9.17, 15) is 8.42 Å². The summed E-state index contributed by atoms with van der Waals surface area (Å²) in [4.78, 5) is 0.120. The maximum absolute atomic E-state index is 12.5. The molecule has 1 aromatic heterocycles. The first kappa shape index (κ1) is 16.0. The number of nitrogens with one attached hydrogen (secondary N) is 2. The monoisotopic (exact) mass is 366 g/mol. The van der Waals surface area contributed by atoms with Gasteiger partial charge in [0.1, 0.15) is 10.7 Å². The minimum absolute atomic E-state index is 0.120. The van der Waals surface area contributed by atoms with E-state index >= 15 is 0 Å². The number of ether oxygens (including phenoxy) is 1. The molecule has 0 saturated carbocycles. The zero-order valence-corrected chi connectivity index (χ0v) is 13.9. The van der Waals surface area contributed by atoms with E-state index < -0.39 is 15.6 Å². The van der Waals surface area contributed by atoms with Crippen LogP contribution in [0.25, 0.3) is 0 Å². The van der Waals surface area contributed by atoms with Gasteiger partial charge in [-0.3, -0.25) is 0 Å². The first-order chi connectivity index (χ1) is 9.36. The van der Waals surface area contributed by atoms with Gasteiger partial charge in [0.25, 0.3) is 0 Å². The molecule has 1 atom stereocenters. The van der Waals surface area contributed by atoms with E-state index in [2.05, 4.69) is 26.0 Å². The second-order valence-electron chi connectivity index (χ2n) is 5.20. The summed E-state index contributed by atoms with van der Waals surface area (Å²) in [6.07, 6.45) is 1.60. The highest BCUT2D eigenvalue weighted by Gasteiger charge is 2.34. The van der Waals surface area contributed by atoms with Crippen molar-refractivity contribution in [3.05, 3.63) is 16.5 Å². The fourth-order valence-corrected chi connectivity index (χ4v) is 4.66. The minimum atomic E-state index is -3.64. The van der Waals surface area contributed by atoms with E-state index in [-0.39, 0.29) is 9.56 Å². The number of hydrogen-bond acceptors (Lipinski definition) is 5. The van der Waals surface area contributed by atoms with E-state index in [1.165, 1.54) is 6.07 Å². The fourth-order valence-electron chi connectivity index (χ4n) is 2.24. The van der Waals surface area contributed by atoms with Crippen molar-refractivity contribution in [3.8, 4) is 0 Å². The molecule has 0 amide bonds. The Bertz CT molecular complexity index is 564. The van der Waals surface area contributed by atoms with E-state index in [0.29, 0.717) is 25.5 Å². The van der Waals surface area contributed by atoms with E-state index in [4.69, 9.17) is 9.15 Å². The molecule has 2 heterocycles. The Morgan fingerprint density at radius 3 is 2.85 bits per heavy atom. The van der Waals surface area contributed by atoms with Crippen LogP contribution in [0.2, 0.25) is 0 Å².